The minimum Gasteiger partial charge on any atom is -0.380 e. The van der Waals surface area contributed by atoms with Gasteiger partial charge in [-0.3, -0.25) is 0 Å². The molecule has 5 heteroatoms. The molecule has 1 aromatic heterocycles. The first-order valence-corrected chi connectivity index (χ1v) is 6.26. The summed E-state index contributed by atoms with van der Waals surface area (Å²) >= 11 is 1.38. The molecule has 0 aliphatic rings. The largest absolute Gasteiger partial charge is 0.380 e. The van der Waals surface area contributed by atoms with Crippen LogP contribution in [-0.4, -0.2) is 16.7 Å². The topological polar surface area (TPSA) is 47.0 Å². The van der Waals surface area contributed by atoms with Gasteiger partial charge in [-0.2, -0.15) is 0 Å². The van der Waals surface area contributed by atoms with Gasteiger partial charge in [0.25, 0.3) is 0 Å². The van der Waals surface area contributed by atoms with E-state index in [4.69, 9.17) is 4.74 Å². The van der Waals surface area contributed by atoms with Gasteiger partial charge in [-0.05, 0) is 22.7 Å². The summed E-state index contributed by atoms with van der Waals surface area (Å²) in [6.45, 7) is 2.21. The second kappa shape index (κ2) is 6.44. The maximum Gasteiger partial charge on any atom is 0.0893 e. The first-order chi connectivity index (χ1) is 8.40. The number of benzene rings is 1. The van der Waals surface area contributed by atoms with Crippen molar-refractivity contribution in [3.8, 4) is 0 Å². The minimum atomic E-state index is 0.649. The van der Waals surface area contributed by atoms with Crippen molar-refractivity contribution >= 4 is 11.5 Å². The number of aromatic nitrogens is 2. The summed E-state index contributed by atoms with van der Waals surface area (Å²) in [4.78, 5) is 0. The van der Waals surface area contributed by atoms with Gasteiger partial charge in [0.15, 0.2) is 0 Å². The molecule has 0 saturated heterocycles. The lowest BCUT2D eigenvalue weighted by Gasteiger charge is -2.09. The Balaban J connectivity index is 1.89. The Morgan fingerprint density at radius 1 is 1.24 bits per heavy atom. The molecule has 4 nitrogen and oxygen atoms in total. The van der Waals surface area contributed by atoms with E-state index in [-0.39, 0.29) is 0 Å². The van der Waals surface area contributed by atoms with Crippen LogP contribution < -0.4 is 5.32 Å². The van der Waals surface area contributed by atoms with Crippen LogP contribution in [0.3, 0.4) is 0 Å². The standard InChI is InChI=1S/C12H15N3OS/c1-16-8-11-5-3-2-4-10(11)6-13-7-12-9-17-15-14-12/h2-5,9,13H,6-8H2,1H3. The van der Waals surface area contributed by atoms with Crippen LogP contribution >= 0.6 is 11.5 Å². The zero-order valence-electron chi connectivity index (χ0n) is 9.72. The van der Waals surface area contributed by atoms with Gasteiger partial charge < -0.3 is 10.1 Å². The molecule has 0 unspecified atom stereocenters. The van der Waals surface area contributed by atoms with Crippen LogP contribution in [0.4, 0.5) is 0 Å². The molecule has 0 aliphatic carbocycles. The highest BCUT2D eigenvalue weighted by molar-refractivity contribution is 7.03. The molecule has 1 N–H and O–H groups in total. The Morgan fingerprint density at radius 3 is 2.76 bits per heavy atom. The summed E-state index contributed by atoms with van der Waals surface area (Å²) in [5, 5.41) is 9.29. The average Bonchev–Trinajstić information content (AvgIpc) is 2.85. The molecule has 17 heavy (non-hydrogen) atoms. The van der Waals surface area contributed by atoms with Crippen molar-refractivity contribution in [1.29, 1.82) is 0 Å². The van der Waals surface area contributed by atoms with E-state index in [1.807, 2.05) is 17.5 Å². The molecule has 1 heterocycles. The highest BCUT2D eigenvalue weighted by Crippen LogP contribution is 2.09. The molecule has 0 saturated carbocycles. The van der Waals surface area contributed by atoms with E-state index in [1.165, 1.54) is 22.7 Å². The smallest absolute Gasteiger partial charge is 0.0893 e. The van der Waals surface area contributed by atoms with Gasteiger partial charge in [0.05, 0.1) is 12.3 Å². The monoisotopic (exact) mass is 249 g/mol. The van der Waals surface area contributed by atoms with E-state index >= 15 is 0 Å². The molecule has 0 bridgehead atoms. The van der Waals surface area contributed by atoms with Crippen LogP contribution in [0.15, 0.2) is 29.6 Å². The fourth-order valence-electron chi connectivity index (χ4n) is 1.61. The first kappa shape index (κ1) is 12.2. The minimum absolute atomic E-state index is 0.649. The molecule has 0 atom stereocenters. The number of ether oxygens (including phenoxy) is 1. The fourth-order valence-corrected chi connectivity index (χ4v) is 2.06. The normalized spacial score (nSPS) is 10.6. The number of nitrogens with zero attached hydrogens (tertiary/aromatic N) is 2. The molecule has 0 spiro atoms. The van der Waals surface area contributed by atoms with Crippen molar-refractivity contribution in [3.63, 3.8) is 0 Å². The molecule has 0 aliphatic heterocycles. The van der Waals surface area contributed by atoms with E-state index in [2.05, 4.69) is 27.0 Å². The number of rotatable bonds is 6. The van der Waals surface area contributed by atoms with Gasteiger partial charge in [0, 0.05) is 25.6 Å². The van der Waals surface area contributed by atoms with E-state index in [0.29, 0.717) is 6.61 Å². The van der Waals surface area contributed by atoms with Gasteiger partial charge in [-0.25, -0.2) is 0 Å². The number of methoxy groups -OCH3 is 1. The molecule has 0 radical (unpaired) electrons. The first-order valence-electron chi connectivity index (χ1n) is 5.42. The van der Waals surface area contributed by atoms with E-state index in [1.54, 1.807) is 7.11 Å². The number of hydrogen-bond donors (Lipinski definition) is 1. The molecular weight excluding hydrogens is 234 g/mol. The quantitative estimate of drug-likeness (QED) is 0.850. The van der Waals surface area contributed by atoms with Crippen LogP contribution in [0.2, 0.25) is 0 Å². The van der Waals surface area contributed by atoms with Crippen molar-refractivity contribution in [2.24, 2.45) is 0 Å². The Hall–Kier alpha value is -1.30. The molecule has 2 rings (SSSR count). The average molecular weight is 249 g/mol. The van der Waals surface area contributed by atoms with E-state index < -0.39 is 0 Å². The van der Waals surface area contributed by atoms with Gasteiger partial charge in [-0.15, -0.1) is 5.10 Å². The summed E-state index contributed by atoms with van der Waals surface area (Å²) in [5.41, 5.74) is 3.47. The molecule has 0 amide bonds. The Labute approximate surface area is 105 Å². The predicted molar refractivity (Wildman–Crippen MR) is 67.6 cm³/mol. The molecule has 2 aromatic rings. The van der Waals surface area contributed by atoms with Crippen LogP contribution in [0, 0.1) is 0 Å². The highest BCUT2D eigenvalue weighted by atomic mass is 32.1. The summed E-state index contributed by atoms with van der Waals surface area (Å²) in [7, 11) is 1.71. The third-order valence-electron chi connectivity index (χ3n) is 2.44. The van der Waals surface area contributed by atoms with Crippen LogP contribution in [0.1, 0.15) is 16.8 Å². The van der Waals surface area contributed by atoms with Gasteiger partial charge >= 0.3 is 0 Å². The summed E-state index contributed by atoms with van der Waals surface area (Å²) in [6, 6.07) is 8.27. The van der Waals surface area contributed by atoms with E-state index in [0.717, 1.165) is 18.8 Å². The van der Waals surface area contributed by atoms with Crippen LogP contribution in [0.5, 0.6) is 0 Å². The number of hydrogen-bond acceptors (Lipinski definition) is 5. The molecule has 0 fully saturated rings. The van der Waals surface area contributed by atoms with Crippen molar-refractivity contribution in [2.45, 2.75) is 19.7 Å². The lowest BCUT2D eigenvalue weighted by atomic mass is 10.1. The van der Waals surface area contributed by atoms with Crippen LogP contribution in [-0.2, 0) is 24.4 Å². The summed E-state index contributed by atoms with van der Waals surface area (Å²) < 4.78 is 9.00. The SMILES string of the molecule is COCc1ccccc1CNCc1csnn1. The van der Waals surface area contributed by atoms with Crippen molar-refractivity contribution < 1.29 is 4.74 Å². The Bertz CT molecular complexity index is 445. The maximum atomic E-state index is 5.17. The lowest BCUT2D eigenvalue weighted by Crippen LogP contribution is -2.14. The van der Waals surface area contributed by atoms with Gasteiger partial charge in [0.2, 0.25) is 0 Å². The van der Waals surface area contributed by atoms with Crippen molar-refractivity contribution in [1.82, 2.24) is 14.9 Å². The Kier molecular flexibility index (Phi) is 4.61. The number of nitrogens with one attached hydrogen (secondary N) is 1. The molecule has 1 aromatic carbocycles. The van der Waals surface area contributed by atoms with Gasteiger partial charge in [0.1, 0.15) is 0 Å². The van der Waals surface area contributed by atoms with Gasteiger partial charge in [-0.1, -0.05) is 28.8 Å². The van der Waals surface area contributed by atoms with Crippen molar-refractivity contribution in [2.75, 3.05) is 7.11 Å². The Morgan fingerprint density at radius 2 is 2.06 bits per heavy atom. The molecule has 90 valence electrons. The summed E-state index contributed by atoms with van der Waals surface area (Å²) in [5.74, 6) is 0. The maximum absolute atomic E-state index is 5.17. The third-order valence-corrected chi connectivity index (χ3v) is 3.00. The second-order valence-corrected chi connectivity index (χ2v) is 4.31. The zero-order chi connectivity index (χ0) is 11.9. The second-order valence-electron chi connectivity index (χ2n) is 3.70. The van der Waals surface area contributed by atoms with Crippen LogP contribution in [0.25, 0.3) is 0 Å². The highest BCUT2D eigenvalue weighted by Gasteiger charge is 2.01. The van der Waals surface area contributed by atoms with Crippen molar-refractivity contribution in [3.05, 3.63) is 46.5 Å². The van der Waals surface area contributed by atoms with E-state index in [9.17, 15) is 0 Å². The zero-order valence-corrected chi connectivity index (χ0v) is 10.5. The molecular formula is C12H15N3OS. The summed E-state index contributed by atoms with van der Waals surface area (Å²) in [6.07, 6.45) is 0. The third kappa shape index (κ3) is 3.59. The fraction of sp³-hybridized carbons (Fsp3) is 0.333. The predicted octanol–water partition coefficient (Wildman–Crippen LogP) is 1.97. The lowest BCUT2D eigenvalue weighted by molar-refractivity contribution is 0.184.